The fraction of sp³-hybridized carbons (Fsp3) is 0.484. The van der Waals surface area contributed by atoms with Crippen molar-refractivity contribution in [1.29, 1.82) is 0 Å². The van der Waals surface area contributed by atoms with E-state index < -0.39 is 128 Å². The van der Waals surface area contributed by atoms with Crippen LogP contribution in [0.2, 0.25) is 0 Å². The Morgan fingerprint density at radius 1 is 0.667 bits per heavy atom. The number of carbonyl (C=O) groups is 2. The molecule has 20 heteroatoms. The maximum atomic E-state index is 12.4. The van der Waals surface area contributed by atoms with Crippen molar-refractivity contribution in [3.05, 3.63) is 41.2 Å². The number of benzene rings is 2. The molecule has 2 fully saturated rings. The zero-order chi connectivity index (χ0) is 36.9. The highest BCUT2D eigenvalue weighted by Crippen LogP contribution is 2.48. The standard InChI is InChI=1S/C31H34O20/c32-10-3-15-11-5-17(28(47-15)9-1-12(33)21(37)13(34)2-9)49-31-27(43)24(40)22(38)18(50-31)7-45-20(36)6-14(35)29(44)46-8-19-23(39)25(41)26(42)30(51-19)48-16(11)4-10/h1-5,14,18-19,22-28,30-35,37-43H,6-8H2/p+1/t14-,18-,19-,22-,23-,24+,25+,26-,27-,28?,30-,31-/m0/s1. The van der Waals surface area contributed by atoms with E-state index in [2.05, 4.69) is 4.74 Å². The van der Waals surface area contributed by atoms with E-state index >= 15 is 0 Å². The van der Waals surface area contributed by atoms with Gasteiger partial charge in [-0.15, -0.1) is 0 Å². The highest BCUT2D eigenvalue weighted by Gasteiger charge is 2.49. The van der Waals surface area contributed by atoms with Gasteiger partial charge in [0.2, 0.25) is 12.6 Å². The van der Waals surface area contributed by atoms with E-state index in [0.29, 0.717) is 0 Å². The van der Waals surface area contributed by atoms with Crippen LogP contribution in [0.25, 0.3) is 6.08 Å². The molecule has 278 valence electrons. The van der Waals surface area contributed by atoms with Gasteiger partial charge >= 0.3 is 11.9 Å². The molecule has 0 radical (unpaired) electrons. The minimum absolute atomic E-state index is 0.000416. The Bertz CT molecular complexity index is 1660. The number of carbonyl (C=O) groups excluding carboxylic acids is 2. The van der Waals surface area contributed by atoms with E-state index in [1.807, 2.05) is 0 Å². The average Bonchev–Trinajstić information content (AvgIpc) is 3.09. The smallest absolute Gasteiger partial charge is 0.335 e. The molecule has 4 aliphatic heterocycles. The van der Waals surface area contributed by atoms with Gasteiger partial charge in [0.1, 0.15) is 79.1 Å². The largest absolute Gasteiger partial charge is 0.571 e. The molecule has 12 atom stereocenters. The topological polar surface area (TPSA) is 325 Å². The molecule has 6 bridgehead atoms. The Labute approximate surface area is 286 Å². The molecule has 0 amide bonds. The Hall–Kier alpha value is -4.64. The van der Waals surface area contributed by atoms with Crippen molar-refractivity contribution in [2.24, 2.45) is 0 Å². The zero-order valence-corrected chi connectivity index (χ0v) is 26.1. The lowest BCUT2D eigenvalue weighted by Gasteiger charge is -2.41. The molecular formula is C31H35O20+. The van der Waals surface area contributed by atoms with Crippen molar-refractivity contribution in [1.82, 2.24) is 0 Å². The molecule has 1 unspecified atom stereocenters. The minimum atomic E-state index is -2.09. The van der Waals surface area contributed by atoms with Gasteiger partial charge in [0, 0.05) is 12.1 Å². The van der Waals surface area contributed by atoms with Gasteiger partial charge in [-0.2, -0.15) is 0 Å². The molecule has 2 aromatic carbocycles. The summed E-state index contributed by atoms with van der Waals surface area (Å²) in [6.07, 6.45) is -21.4. The number of aromatic hydroxyl groups is 5. The molecule has 20 nitrogen and oxygen atoms in total. The average molecular weight is 728 g/mol. The molecule has 6 rings (SSSR count). The van der Waals surface area contributed by atoms with Gasteiger partial charge in [0.25, 0.3) is 11.9 Å². The number of phenolic OH excluding ortho intramolecular Hbond substituents is 4. The second kappa shape index (κ2) is 14.2. The molecule has 4 heterocycles. The van der Waals surface area contributed by atoms with E-state index in [9.17, 15) is 65.8 Å². The van der Waals surface area contributed by atoms with Gasteiger partial charge in [-0.05, 0) is 12.1 Å². The molecule has 51 heavy (non-hydrogen) atoms. The number of phenols is 4. The van der Waals surface area contributed by atoms with Gasteiger partial charge in [0.15, 0.2) is 29.1 Å². The van der Waals surface area contributed by atoms with Gasteiger partial charge in [-0.1, -0.05) is 0 Å². The van der Waals surface area contributed by atoms with Crippen molar-refractivity contribution >= 4 is 18.0 Å². The van der Waals surface area contributed by atoms with Gasteiger partial charge in [0.05, 0.1) is 18.1 Å². The first kappa shape index (κ1) is 36.2. The summed E-state index contributed by atoms with van der Waals surface area (Å²) in [6.45, 7) is -1.58. The normalized spacial score (nSPS) is 35.9. The Morgan fingerprint density at radius 2 is 1.24 bits per heavy atom. The van der Waals surface area contributed by atoms with Crippen LogP contribution in [0.5, 0.6) is 34.5 Å². The van der Waals surface area contributed by atoms with Crippen molar-refractivity contribution in [3.8, 4) is 34.5 Å². The number of esters is 2. The predicted octanol–water partition coefficient (Wildman–Crippen LogP) is -3.29. The summed E-state index contributed by atoms with van der Waals surface area (Å²) in [4.78, 5) is 24.9. The lowest BCUT2D eigenvalue weighted by Crippen LogP contribution is -2.60. The molecule has 2 saturated heterocycles. The van der Waals surface area contributed by atoms with E-state index in [-0.39, 0.29) is 28.4 Å². The van der Waals surface area contributed by atoms with Crippen LogP contribution >= 0.6 is 0 Å². The maximum absolute atomic E-state index is 12.4. The molecule has 4 aliphatic rings. The van der Waals surface area contributed by atoms with Gasteiger partial charge in [-0.25, -0.2) is 4.79 Å². The van der Waals surface area contributed by atoms with Crippen LogP contribution in [0.4, 0.5) is 0 Å². The lowest BCUT2D eigenvalue weighted by molar-refractivity contribution is -0.296. The van der Waals surface area contributed by atoms with Crippen LogP contribution in [0, 0.1) is 0 Å². The van der Waals surface area contributed by atoms with Gasteiger partial charge < -0.3 is 89.3 Å². The molecular weight excluding hydrogens is 692 g/mol. The molecule has 0 spiro atoms. The first-order valence-electron chi connectivity index (χ1n) is 15.4. The van der Waals surface area contributed by atoms with E-state index in [0.717, 1.165) is 18.2 Å². The first-order valence-corrected chi connectivity index (χ1v) is 15.4. The second-order valence-corrected chi connectivity index (χ2v) is 12.2. The predicted molar refractivity (Wildman–Crippen MR) is 160 cm³/mol. The minimum Gasteiger partial charge on any atom is -0.571 e. The number of aliphatic hydroxyl groups is 8. The number of cyclic esters (lactones) is 2. The summed E-state index contributed by atoms with van der Waals surface area (Å²) in [5.74, 6) is -5.93. The number of hydrogen-bond acceptors (Lipinski definition) is 19. The lowest BCUT2D eigenvalue weighted by atomic mass is 9.98. The highest BCUT2D eigenvalue weighted by atomic mass is 16.7. The fourth-order valence-corrected chi connectivity index (χ4v) is 5.79. The third-order valence-corrected chi connectivity index (χ3v) is 8.60. The van der Waals surface area contributed by atoms with Crippen molar-refractivity contribution in [2.75, 3.05) is 13.2 Å². The second-order valence-electron chi connectivity index (χ2n) is 12.2. The molecule has 0 aliphatic carbocycles. The number of ether oxygens (including phenoxy) is 7. The monoisotopic (exact) mass is 727 g/mol. The van der Waals surface area contributed by atoms with Crippen molar-refractivity contribution < 1.29 is 98.9 Å². The summed E-state index contributed by atoms with van der Waals surface area (Å²) < 4.78 is 37.5. The Balaban J connectivity index is 1.44. The maximum Gasteiger partial charge on any atom is 0.335 e. The number of fused-ring (bicyclic) bond motifs is 4. The summed E-state index contributed by atoms with van der Waals surface area (Å²) in [6, 6.07) is 4.27. The third kappa shape index (κ3) is 7.13. The quantitative estimate of drug-likeness (QED) is 0.0779. The molecule has 0 saturated carbocycles. The van der Waals surface area contributed by atoms with Crippen molar-refractivity contribution in [3.63, 3.8) is 0 Å². The summed E-state index contributed by atoms with van der Waals surface area (Å²) in [5, 5.41) is 115. The SMILES string of the molecule is O=C1C[C@H](O)C(=O)OC[C@@H]2O[C@H](Oc3cc(O)cc4c3C=C(O[C@H]3O[C@@H](CO1)[C@H](O)[C@@H](O)[C@@H]3O)C(c1cc(O)c(O)c(O)c1)[OH+]4)[C@@H](O)[C@H](O)[C@H]2O. The number of rotatable bonds is 1. The molecule has 0 aromatic heterocycles. The number of aliphatic hydroxyl groups excluding tert-OH is 7. The van der Waals surface area contributed by atoms with Crippen LogP contribution in [-0.4, -0.2) is 154 Å². The Kier molecular flexibility index (Phi) is 10.0. The van der Waals surface area contributed by atoms with Crippen LogP contribution < -0.4 is 4.74 Å². The van der Waals surface area contributed by atoms with Crippen LogP contribution in [0.15, 0.2) is 30.0 Å². The molecule has 12 N–H and O–H groups in total. The van der Waals surface area contributed by atoms with E-state index in [1.165, 1.54) is 12.1 Å². The van der Waals surface area contributed by atoms with Gasteiger partial charge in [-0.3, -0.25) is 4.79 Å². The zero-order valence-electron chi connectivity index (χ0n) is 26.1. The summed E-state index contributed by atoms with van der Waals surface area (Å²) in [7, 11) is 0. The van der Waals surface area contributed by atoms with E-state index in [1.54, 1.807) is 0 Å². The number of hydrogen-bond donors (Lipinski definition) is 11. The Morgan fingerprint density at radius 3 is 1.84 bits per heavy atom. The van der Waals surface area contributed by atoms with Crippen molar-refractivity contribution in [2.45, 2.75) is 80.0 Å². The van der Waals surface area contributed by atoms with E-state index in [4.69, 9.17) is 28.4 Å². The third-order valence-electron chi connectivity index (χ3n) is 8.60. The first-order chi connectivity index (χ1) is 24.1. The molecule has 2 aromatic rings. The summed E-state index contributed by atoms with van der Waals surface area (Å²) in [5.41, 5.74) is -0.0185. The fourth-order valence-electron chi connectivity index (χ4n) is 5.79. The van der Waals surface area contributed by atoms with Crippen LogP contribution in [0.1, 0.15) is 23.7 Å². The highest BCUT2D eigenvalue weighted by molar-refractivity contribution is 5.81. The van der Waals surface area contributed by atoms with Crippen LogP contribution in [0.3, 0.4) is 0 Å². The summed E-state index contributed by atoms with van der Waals surface area (Å²) >= 11 is 0. The van der Waals surface area contributed by atoms with Crippen LogP contribution in [-0.2, 0) is 33.3 Å².